The first kappa shape index (κ1) is 16.2. The monoisotopic (exact) mass is 263 g/mol. The minimum atomic E-state index is 0.278. The molecule has 0 radical (unpaired) electrons. The van der Waals surface area contributed by atoms with E-state index in [4.69, 9.17) is 4.74 Å². The van der Waals surface area contributed by atoms with Crippen LogP contribution in [0, 0.1) is 5.92 Å². The van der Waals surface area contributed by atoms with Gasteiger partial charge in [0, 0.05) is 0 Å². The van der Waals surface area contributed by atoms with Crippen LogP contribution in [0.15, 0.2) is 24.3 Å². The molecule has 2 nitrogen and oxygen atoms in total. The lowest BCUT2D eigenvalue weighted by Crippen LogP contribution is -2.24. The highest BCUT2D eigenvalue weighted by atomic mass is 16.5. The van der Waals surface area contributed by atoms with Crippen LogP contribution in [0.25, 0.3) is 0 Å². The van der Waals surface area contributed by atoms with E-state index in [1.165, 1.54) is 11.1 Å². The van der Waals surface area contributed by atoms with Crippen LogP contribution < -0.4 is 5.32 Å². The molecular weight excluding hydrogens is 234 g/mol. The molecule has 0 spiro atoms. The van der Waals surface area contributed by atoms with E-state index >= 15 is 0 Å². The Morgan fingerprint density at radius 2 is 1.74 bits per heavy atom. The zero-order valence-electron chi connectivity index (χ0n) is 13.1. The molecule has 1 aromatic rings. The van der Waals surface area contributed by atoms with Gasteiger partial charge in [0.25, 0.3) is 0 Å². The highest BCUT2D eigenvalue weighted by Crippen LogP contribution is 2.16. The van der Waals surface area contributed by atoms with Crippen molar-refractivity contribution in [3.63, 3.8) is 0 Å². The Hall–Kier alpha value is -0.860. The first-order chi connectivity index (χ1) is 9.06. The average Bonchev–Trinajstić information content (AvgIpc) is 2.39. The van der Waals surface area contributed by atoms with Gasteiger partial charge >= 0.3 is 0 Å². The molecule has 2 unspecified atom stereocenters. The molecule has 2 heteroatoms. The molecule has 0 aliphatic rings. The predicted molar refractivity (Wildman–Crippen MR) is 82.5 cm³/mol. The topological polar surface area (TPSA) is 21.3 Å². The fourth-order valence-electron chi connectivity index (χ4n) is 2.32. The number of aryl methyl sites for hydroxylation is 1. The molecule has 0 fully saturated rings. The van der Waals surface area contributed by atoms with Crippen molar-refractivity contribution in [1.29, 1.82) is 0 Å². The first-order valence-electron chi connectivity index (χ1n) is 7.44. The number of benzene rings is 1. The molecule has 0 saturated carbocycles. The second-order valence-electron chi connectivity index (χ2n) is 5.71. The van der Waals surface area contributed by atoms with Gasteiger partial charge in [-0.15, -0.1) is 0 Å². The van der Waals surface area contributed by atoms with E-state index in [1.54, 1.807) is 0 Å². The fraction of sp³-hybridized carbons (Fsp3) is 0.647. The molecular formula is C17H29NO. The third-order valence-electron chi connectivity index (χ3n) is 3.49. The summed E-state index contributed by atoms with van der Waals surface area (Å²) in [6.45, 7) is 9.54. The van der Waals surface area contributed by atoms with Crippen molar-refractivity contribution in [3.8, 4) is 0 Å². The fourth-order valence-corrected chi connectivity index (χ4v) is 2.32. The Morgan fingerprint density at radius 1 is 1.11 bits per heavy atom. The highest BCUT2D eigenvalue weighted by molar-refractivity contribution is 5.25. The van der Waals surface area contributed by atoms with Crippen molar-refractivity contribution in [3.05, 3.63) is 35.4 Å². The second-order valence-corrected chi connectivity index (χ2v) is 5.71. The first-order valence-corrected chi connectivity index (χ1v) is 7.44. The van der Waals surface area contributed by atoms with Crippen LogP contribution >= 0.6 is 0 Å². The summed E-state index contributed by atoms with van der Waals surface area (Å²) in [5, 5.41) is 3.34. The number of hydrogen-bond donors (Lipinski definition) is 1. The van der Waals surface area contributed by atoms with E-state index in [9.17, 15) is 0 Å². The minimum Gasteiger partial charge on any atom is -0.377 e. The van der Waals surface area contributed by atoms with Gasteiger partial charge in [-0.1, -0.05) is 45.0 Å². The Balaban J connectivity index is 2.52. The summed E-state index contributed by atoms with van der Waals surface area (Å²) in [6.07, 6.45) is 2.53. The molecule has 2 atom stereocenters. The van der Waals surface area contributed by atoms with Crippen LogP contribution in [0.2, 0.25) is 0 Å². The largest absolute Gasteiger partial charge is 0.377 e. The molecule has 1 aromatic carbocycles. The lowest BCUT2D eigenvalue weighted by molar-refractivity contribution is 0.0383. The van der Waals surface area contributed by atoms with Crippen molar-refractivity contribution in [1.82, 2.24) is 5.32 Å². The van der Waals surface area contributed by atoms with Crippen LogP contribution in [0.4, 0.5) is 0 Å². The highest BCUT2D eigenvalue weighted by Gasteiger charge is 2.12. The van der Waals surface area contributed by atoms with Gasteiger partial charge in [0.15, 0.2) is 0 Å². The maximum Gasteiger partial charge on any atom is 0.0665 e. The summed E-state index contributed by atoms with van der Waals surface area (Å²) >= 11 is 0. The summed E-state index contributed by atoms with van der Waals surface area (Å²) in [6, 6.07) is 9.10. The van der Waals surface area contributed by atoms with Crippen molar-refractivity contribution in [2.75, 3.05) is 13.7 Å². The third-order valence-corrected chi connectivity index (χ3v) is 3.49. The van der Waals surface area contributed by atoms with Gasteiger partial charge in [-0.05, 0) is 43.9 Å². The smallest absolute Gasteiger partial charge is 0.0665 e. The van der Waals surface area contributed by atoms with E-state index in [1.807, 2.05) is 7.05 Å². The Kier molecular flexibility index (Phi) is 7.11. The van der Waals surface area contributed by atoms with Gasteiger partial charge in [-0.25, -0.2) is 0 Å². The van der Waals surface area contributed by atoms with Crippen LogP contribution in [-0.4, -0.2) is 19.8 Å². The number of rotatable bonds is 8. The van der Waals surface area contributed by atoms with Gasteiger partial charge in [0.2, 0.25) is 0 Å². The Bertz CT molecular complexity index is 345. The summed E-state index contributed by atoms with van der Waals surface area (Å²) in [5.74, 6) is 0.687. The van der Waals surface area contributed by atoms with Crippen molar-refractivity contribution in [2.45, 2.75) is 52.7 Å². The molecule has 0 bridgehead atoms. The Morgan fingerprint density at radius 3 is 2.21 bits per heavy atom. The minimum absolute atomic E-state index is 0.278. The van der Waals surface area contributed by atoms with Crippen LogP contribution in [0.1, 0.15) is 51.3 Å². The molecule has 0 saturated heterocycles. The maximum absolute atomic E-state index is 5.95. The summed E-state index contributed by atoms with van der Waals surface area (Å²) in [7, 11) is 1.99. The summed E-state index contributed by atoms with van der Waals surface area (Å²) in [4.78, 5) is 0. The van der Waals surface area contributed by atoms with Crippen molar-refractivity contribution >= 4 is 0 Å². The van der Waals surface area contributed by atoms with Crippen LogP contribution in [-0.2, 0) is 11.2 Å². The van der Waals surface area contributed by atoms with Crippen molar-refractivity contribution in [2.24, 2.45) is 5.92 Å². The van der Waals surface area contributed by atoms with Crippen LogP contribution in [0.3, 0.4) is 0 Å². The number of likely N-dealkylation sites (N-methyl/N-ethyl adjacent to an activating group) is 1. The molecule has 19 heavy (non-hydrogen) atoms. The van der Waals surface area contributed by atoms with Gasteiger partial charge in [-0.3, -0.25) is 0 Å². The van der Waals surface area contributed by atoms with Gasteiger partial charge in [-0.2, -0.15) is 0 Å². The molecule has 0 heterocycles. The quantitative estimate of drug-likeness (QED) is 0.766. The zero-order chi connectivity index (χ0) is 14.3. The number of ether oxygens (including phenoxy) is 1. The molecule has 0 aliphatic heterocycles. The van der Waals surface area contributed by atoms with Crippen molar-refractivity contribution < 1.29 is 4.74 Å². The second kappa shape index (κ2) is 8.34. The van der Waals surface area contributed by atoms with Gasteiger partial charge in [0.1, 0.15) is 0 Å². The van der Waals surface area contributed by atoms with E-state index in [-0.39, 0.29) is 6.04 Å². The SMILES string of the molecule is CCc1ccc(C(COC(C)CC(C)C)NC)cc1. The normalized spacial score (nSPS) is 14.6. The van der Waals surface area contributed by atoms with E-state index in [2.05, 4.69) is 57.3 Å². The molecule has 1 N–H and O–H groups in total. The zero-order valence-corrected chi connectivity index (χ0v) is 13.1. The molecule has 108 valence electrons. The molecule has 0 aromatic heterocycles. The standard InChI is InChI=1S/C17H29NO/c1-6-15-7-9-16(10-8-15)17(18-5)12-19-14(4)11-13(2)3/h7-10,13-14,17-18H,6,11-12H2,1-5H3. The molecule has 1 rings (SSSR count). The van der Waals surface area contributed by atoms with E-state index in [0.29, 0.717) is 12.0 Å². The maximum atomic E-state index is 5.95. The van der Waals surface area contributed by atoms with Crippen LogP contribution in [0.5, 0.6) is 0 Å². The van der Waals surface area contributed by atoms with Gasteiger partial charge < -0.3 is 10.1 Å². The number of hydrogen-bond acceptors (Lipinski definition) is 2. The van der Waals surface area contributed by atoms with E-state index < -0.39 is 0 Å². The average molecular weight is 263 g/mol. The number of nitrogens with one attached hydrogen (secondary N) is 1. The predicted octanol–water partition coefficient (Wildman–Crippen LogP) is 3.96. The third kappa shape index (κ3) is 5.75. The Labute approximate surface area is 118 Å². The van der Waals surface area contributed by atoms with Gasteiger partial charge in [0.05, 0.1) is 18.8 Å². The lowest BCUT2D eigenvalue weighted by atomic mass is 10.0. The molecule has 0 aliphatic carbocycles. The molecule has 0 amide bonds. The summed E-state index contributed by atoms with van der Waals surface area (Å²) < 4.78 is 5.95. The van der Waals surface area contributed by atoms with E-state index in [0.717, 1.165) is 19.4 Å². The lowest BCUT2D eigenvalue weighted by Gasteiger charge is -2.21. The summed E-state index contributed by atoms with van der Waals surface area (Å²) in [5.41, 5.74) is 2.68.